The molecule has 0 aliphatic carbocycles. The molecule has 0 aliphatic heterocycles. The second kappa shape index (κ2) is 24.2. The van der Waals surface area contributed by atoms with Crippen LogP contribution in [0.15, 0.2) is 11.6 Å². The number of allylic oxidation sites excluding steroid dienone is 1. The predicted molar refractivity (Wildman–Crippen MR) is 169 cm³/mol. The molecule has 0 saturated carbocycles. The average molecular weight is 552 g/mol. The Morgan fingerprint density at radius 1 is 0.842 bits per heavy atom. The maximum absolute atomic E-state index is 6.05. The van der Waals surface area contributed by atoms with E-state index < -0.39 is 8.56 Å². The minimum atomic E-state index is -2.12. The van der Waals surface area contributed by atoms with Crippen molar-refractivity contribution in [3.8, 4) is 12.3 Å². The lowest BCUT2D eigenvalue weighted by Gasteiger charge is -2.22. The first-order valence-corrected chi connectivity index (χ1v) is 18.5. The maximum Gasteiger partial charge on any atom is 0.333 e. The highest BCUT2D eigenvalue weighted by atomic mass is 28.4. The van der Waals surface area contributed by atoms with Crippen LogP contribution in [0.3, 0.4) is 0 Å². The second-order valence-electron chi connectivity index (χ2n) is 12.6. The van der Waals surface area contributed by atoms with Crippen molar-refractivity contribution < 1.29 is 13.6 Å². The standard InChI is InChI=1S/C33H65NO3Si/c1-10-25-34(7)26-13-11-12-14-27-36-38(8,9)37-29-35-28-24-33(6)23-17-22-32(5)21-16-20-31(4)19-15-18-30(2)3/h1,24,30-32H,11-23,25-29H2,2-9H3. The molecule has 2 atom stereocenters. The van der Waals surface area contributed by atoms with Crippen LogP contribution < -0.4 is 0 Å². The van der Waals surface area contributed by atoms with Crippen molar-refractivity contribution in [1.82, 2.24) is 4.90 Å². The van der Waals surface area contributed by atoms with Crippen LogP contribution in [0.4, 0.5) is 0 Å². The molecule has 0 spiro atoms. The third-order valence-electron chi connectivity index (χ3n) is 7.42. The number of hydrogen-bond donors (Lipinski definition) is 0. The number of terminal acetylenes is 1. The first kappa shape index (κ1) is 37.4. The topological polar surface area (TPSA) is 30.9 Å². The summed E-state index contributed by atoms with van der Waals surface area (Å²) in [6.45, 7) is 19.5. The molecule has 4 nitrogen and oxygen atoms in total. The Labute approximate surface area is 239 Å². The molecule has 0 rings (SSSR count). The summed E-state index contributed by atoms with van der Waals surface area (Å²) < 4.78 is 17.7. The molecular formula is C33H65NO3Si. The van der Waals surface area contributed by atoms with Crippen LogP contribution in [-0.4, -0.2) is 53.6 Å². The third kappa shape index (κ3) is 25.6. The van der Waals surface area contributed by atoms with E-state index in [1.165, 1.54) is 82.6 Å². The number of hydrogen-bond acceptors (Lipinski definition) is 4. The zero-order valence-corrected chi connectivity index (χ0v) is 27.8. The Bertz CT molecular complexity index is 614. The maximum atomic E-state index is 6.05. The molecule has 0 aromatic heterocycles. The van der Waals surface area contributed by atoms with Crippen molar-refractivity contribution in [2.24, 2.45) is 17.8 Å². The summed E-state index contributed by atoms with van der Waals surface area (Å²) in [5, 5.41) is 0. The highest BCUT2D eigenvalue weighted by molar-refractivity contribution is 6.64. The van der Waals surface area contributed by atoms with Crippen molar-refractivity contribution in [2.75, 3.05) is 40.1 Å². The van der Waals surface area contributed by atoms with E-state index in [2.05, 4.69) is 71.7 Å². The van der Waals surface area contributed by atoms with Gasteiger partial charge in [-0.05, 0) is 77.0 Å². The summed E-state index contributed by atoms with van der Waals surface area (Å²) in [6, 6.07) is 0. The lowest BCUT2D eigenvalue weighted by molar-refractivity contribution is 0.00436. The zero-order valence-electron chi connectivity index (χ0n) is 26.8. The third-order valence-corrected chi connectivity index (χ3v) is 9.14. The van der Waals surface area contributed by atoms with Crippen molar-refractivity contribution in [3.63, 3.8) is 0 Å². The van der Waals surface area contributed by atoms with Crippen LogP contribution in [0.1, 0.15) is 118 Å². The van der Waals surface area contributed by atoms with Gasteiger partial charge in [0.1, 0.15) is 6.79 Å². The summed E-state index contributed by atoms with van der Waals surface area (Å²) in [7, 11) is -0.0401. The molecule has 2 unspecified atom stereocenters. The SMILES string of the molecule is C#CCN(C)CCCCCCO[Si](C)(C)OCOCC=C(C)CCCC(C)CCCC(C)CCCC(C)C. The molecule has 0 heterocycles. The molecular weight excluding hydrogens is 486 g/mol. The molecule has 224 valence electrons. The number of ether oxygens (including phenoxy) is 1. The first-order valence-electron chi connectivity index (χ1n) is 15.7. The molecule has 0 N–H and O–H groups in total. The lowest BCUT2D eigenvalue weighted by atomic mass is 9.91. The zero-order chi connectivity index (χ0) is 28.7. The van der Waals surface area contributed by atoms with Gasteiger partial charge in [-0.1, -0.05) is 103 Å². The van der Waals surface area contributed by atoms with Crippen LogP contribution in [0.25, 0.3) is 0 Å². The Morgan fingerprint density at radius 2 is 1.45 bits per heavy atom. The highest BCUT2D eigenvalue weighted by Gasteiger charge is 2.24. The highest BCUT2D eigenvalue weighted by Crippen LogP contribution is 2.22. The van der Waals surface area contributed by atoms with Gasteiger partial charge in [-0.15, -0.1) is 6.42 Å². The smallest absolute Gasteiger partial charge is 0.333 e. The van der Waals surface area contributed by atoms with E-state index in [1.807, 2.05) is 0 Å². The van der Waals surface area contributed by atoms with Gasteiger partial charge in [0.2, 0.25) is 0 Å². The van der Waals surface area contributed by atoms with Gasteiger partial charge >= 0.3 is 8.56 Å². The van der Waals surface area contributed by atoms with Gasteiger partial charge in [0.05, 0.1) is 13.2 Å². The van der Waals surface area contributed by atoms with Gasteiger partial charge in [-0.25, -0.2) is 0 Å². The van der Waals surface area contributed by atoms with E-state index in [0.29, 0.717) is 13.4 Å². The fourth-order valence-electron chi connectivity index (χ4n) is 4.67. The molecule has 0 fully saturated rings. The van der Waals surface area contributed by atoms with E-state index in [9.17, 15) is 0 Å². The number of nitrogens with zero attached hydrogens (tertiary/aromatic N) is 1. The van der Waals surface area contributed by atoms with Crippen LogP contribution >= 0.6 is 0 Å². The van der Waals surface area contributed by atoms with Gasteiger partial charge in [-0.3, -0.25) is 4.90 Å². The van der Waals surface area contributed by atoms with Gasteiger partial charge < -0.3 is 13.6 Å². The molecule has 0 aromatic rings. The predicted octanol–water partition coefficient (Wildman–Crippen LogP) is 9.21. The van der Waals surface area contributed by atoms with E-state index in [1.54, 1.807) is 0 Å². The minimum Gasteiger partial charge on any atom is -0.394 e. The van der Waals surface area contributed by atoms with E-state index in [4.69, 9.17) is 20.0 Å². The van der Waals surface area contributed by atoms with Crippen LogP contribution in [-0.2, 0) is 13.6 Å². The quantitative estimate of drug-likeness (QED) is 0.0352. The molecule has 0 saturated heterocycles. The van der Waals surface area contributed by atoms with Gasteiger partial charge in [0.25, 0.3) is 0 Å². The van der Waals surface area contributed by atoms with E-state index >= 15 is 0 Å². The second-order valence-corrected chi connectivity index (χ2v) is 16.0. The van der Waals surface area contributed by atoms with E-state index in [0.717, 1.165) is 43.9 Å². The van der Waals surface area contributed by atoms with E-state index in [-0.39, 0.29) is 0 Å². The largest absolute Gasteiger partial charge is 0.394 e. The molecule has 0 radical (unpaired) electrons. The summed E-state index contributed by atoms with van der Waals surface area (Å²) in [5.74, 6) is 5.26. The number of rotatable bonds is 26. The Hall–Kier alpha value is -0.643. The molecule has 0 amide bonds. The monoisotopic (exact) mass is 551 g/mol. The number of unbranched alkanes of at least 4 members (excludes halogenated alkanes) is 3. The van der Waals surface area contributed by atoms with Crippen molar-refractivity contribution >= 4 is 8.56 Å². The summed E-state index contributed by atoms with van der Waals surface area (Å²) in [4.78, 5) is 2.19. The Morgan fingerprint density at radius 3 is 2.08 bits per heavy atom. The summed E-state index contributed by atoms with van der Waals surface area (Å²) in [5.41, 5.74) is 1.43. The summed E-state index contributed by atoms with van der Waals surface area (Å²) in [6.07, 6.45) is 24.4. The summed E-state index contributed by atoms with van der Waals surface area (Å²) >= 11 is 0. The van der Waals surface area contributed by atoms with Gasteiger partial charge in [-0.2, -0.15) is 0 Å². The molecule has 0 bridgehead atoms. The Kier molecular flexibility index (Phi) is 23.8. The molecule has 38 heavy (non-hydrogen) atoms. The van der Waals surface area contributed by atoms with Gasteiger partial charge in [0.15, 0.2) is 0 Å². The average Bonchev–Trinajstić information content (AvgIpc) is 2.83. The van der Waals surface area contributed by atoms with Crippen molar-refractivity contribution in [2.45, 2.75) is 131 Å². The molecule has 0 aromatic carbocycles. The van der Waals surface area contributed by atoms with Crippen molar-refractivity contribution in [3.05, 3.63) is 11.6 Å². The van der Waals surface area contributed by atoms with Crippen LogP contribution in [0.2, 0.25) is 13.1 Å². The fraction of sp³-hybridized carbons (Fsp3) is 0.879. The molecule has 5 heteroatoms. The van der Waals surface area contributed by atoms with Crippen LogP contribution in [0, 0.1) is 30.1 Å². The van der Waals surface area contributed by atoms with Crippen molar-refractivity contribution in [1.29, 1.82) is 0 Å². The Balaban J connectivity index is 3.73. The minimum absolute atomic E-state index is 0.317. The first-order chi connectivity index (χ1) is 18.1. The van der Waals surface area contributed by atoms with Crippen LogP contribution in [0.5, 0.6) is 0 Å². The lowest BCUT2D eigenvalue weighted by Crippen LogP contribution is -2.36. The van der Waals surface area contributed by atoms with Gasteiger partial charge in [0, 0.05) is 6.61 Å². The molecule has 0 aliphatic rings. The normalized spacial score (nSPS) is 14.3. The fourth-order valence-corrected chi connectivity index (χ4v) is 5.76.